The Hall–Kier alpha value is -0.590. The van der Waals surface area contributed by atoms with Gasteiger partial charge < -0.3 is 9.15 Å². The number of rotatable bonds is 3. The minimum Gasteiger partial charge on any atom is -0.461 e. The van der Waals surface area contributed by atoms with Gasteiger partial charge in [0.1, 0.15) is 6.26 Å². The van der Waals surface area contributed by atoms with E-state index in [-0.39, 0.29) is 5.69 Å². The normalized spacial score (nSPS) is 9.83. The summed E-state index contributed by atoms with van der Waals surface area (Å²) in [5.41, 5.74) is 0.239. The molecule has 1 aromatic heterocycles. The fourth-order valence-electron chi connectivity index (χ4n) is 0.671. The van der Waals surface area contributed by atoms with Gasteiger partial charge in [-0.05, 0) is 6.92 Å². The lowest BCUT2D eigenvalue weighted by Crippen LogP contribution is -2.04. The van der Waals surface area contributed by atoms with Crippen LogP contribution in [0, 0.1) is 0 Å². The Morgan fingerprint density at radius 3 is 3.08 bits per heavy atom. The lowest BCUT2D eigenvalue weighted by atomic mass is 10.5. The molecule has 0 aliphatic carbocycles. The van der Waals surface area contributed by atoms with Crippen LogP contribution in [-0.4, -0.2) is 17.6 Å². The highest BCUT2D eigenvalue weighted by atomic mass is 127. The van der Waals surface area contributed by atoms with E-state index in [0.717, 1.165) is 0 Å². The number of aromatic nitrogens is 1. The fraction of sp³-hybridized carbons (Fsp3) is 0.429. The van der Waals surface area contributed by atoms with E-state index in [2.05, 4.69) is 27.6 Å². The average Bonchev–Trinajstić information content (AvgIpc) is 2.52. The highest BCUT2D eigenvalue weighted by molar-refractivity contribution is 14.1. The lowest BCUT2D eigenvalue weighted by Gasteiger charge is -1.94. The Labute approximate surface area is 83.4 Å². The third-order valence-corrected chi connectivity index (χ3v) is 1.80. The monoisotopic (exact) mass is 281 g/mol. The molecule has 0 unspecified atom stereocenters. The molecule has 0 spiro atoms. The number of esters is 1. The first-order valence-electron chi connectivity index (χ1n) is 3.45. The number of carbonyl (C=O) groups is 1. The van der Waals surface area contributed by atoms with Crippen molar-refractivity contribution in [1.82, 2.24) is 4.98 Å². The largest absolute Gasteiger partial charge is 0.461 e. The predicted octanol–water partition coefficient (Wildman–Crippen LogP) is 1.79. The number of alkyl halides is 1. The standard InChI is InChI=1S/C7H8INO3/c1-2-11-7(10)5-4-12-6(3-8)9-5/h4H,2-3H2,1H3. The molecule has 0 amide bonds. The number of oxazole rings is 1. The van der Waals surface area contributed by atoms with E-state index < -0.39 is 5.97 Å². The minimum absolute atomic E-state index is 0.239. The number of halogens is 1. The van der Waals surface area contributed by atoms with Crippen molar-refractivity contribution >= 4 is 28.6 Å². The average molecular weight is 281 g/mol. The number of nitrogens with zero attached hydrogens (tertiary/aromatic N) is 1. The van der Waals surface area contributed by atoms with Gasteiger partial charge in [-0.15, -0.1) is 0 Å². The third-order valence-electron chi connectivity index (χ3n) is 1.15. The lowest BCUT2D eigenvalue weighted by molar-refractivity contribution is 0.0519. The van der Waals surface area contributed by atoms with E-state index in [9.17, 15) is 4.79 Å². The van der Waals surface area contributed by atoms with E-state index in [1.165, 1.54) is 6.26 Å². The summed E-state index contributed by atoms with van der Waals surface area (Å²) in [5.74, 6) is 0.107. The van der Waals surface area contributed by atoms with Gasteiger partial charge in [0, 0.05) is 0 Å². The van der Waals surface area contributed by atoms with E-state index in [1.54, 1.807) is 6.92 Å². The van der Waals surface area contributed by atoms with Crippen LogP contribution in [0.4, 0.5) is 0 Å². The molecule has 0 radical (unpaired) electrons. The predicted molar refractivity (Wildman–Crippen MR) is 50.2 cm³/mol. The van der Waals surface area contributed by atoms with Crippen LogP contribution in [0.15, 0.2) is 10.7 Å². The zero-order chi connectivity index (χ0) is 8.97. The van der Waals surface area contributed by atoms with Gasteiger partial charge in [0.05, 0.1) is 11.0 Å². The zero-order valence-electron chi connectivity index (χ0n) is 6.54. The molecule has 1 aromatic rings. The quantitative estimate of drug-likeness (QED) is 0.481. The molecule has 0 bridgehead atoms. The van der Waals surface area contributed by atoms with Crippen LogP contribution in [-0.2, 0) is 9.16 Å². The summed E-state index contributed by atoms with van der Waals surface area (Å²) in [6.45, 7) is 2.10. The fourth-order valence-corrected chi connectivity index (χ4v) is 1.02. The molecule has 0 N–H and O–H groups in total. The van der Waals surface area contributed by atoms with Gasteiger partial charge in [-0.25, -0.2) is 9.78 Å². The van der Waals surface area contributed by atoms with Crippen LogP contribution in [0.2, 0.25) is 0 Å². The first-order valence-corrected chi connectivity index (χ1v) is 4.98. The van der Waals surface area contributed by atoms with Crippen molar-refractivity contribution < 1.29 is 13.9 Å². The van der Waals surface area contributed by atoms with Crippen LogP contribution in [0.25, 0.3) is 0 Å². The Bertz CT molecular complexity index is 271. The van der Waals surface area contributed by atoms with Crippen molar-refractivity contribution in [3.05, 3.63) is 17.8 Å². The molecule has 66 valence electrons. The second-order valence-electron chi connectivity index (χ2n) is 1.98. The second-order valence-corrected chi connectivity index (χ2v) is 2.74. The summed E-state index contributed by atoms with van der Waals surface area (Å²) in [5, 5.41) is 0. The Morgan fingerprint density at radius 1 is 1.83 bits per heavy atom. The zero-order valence-corrected chi connectivity index (χ0v) is 8.70. The van der Waals surface area contributed by atoms with Gasteiger partial charge in [-0.1, -0.05) is 22.6 Å². The van der Waals surface area contributed by atoms with Gasteiger partial charge in [0.2, 0.25) is 5.89 Å². The smallest absolute Gasteiger partial charge is 0.360 e. The summed E-state index contributed by atoms with van der Waals surface area (Å²) < 4.78 is 10.3. The summed E-state index contributed by atoms with van der Waals surface area (Å²) in [7, 11) is 0. The molecular formula is C7H8INO3. The van der Waals surface area contributed by atoms with Crippen LogP contribution < -0.4 is 0 Å². The summed E-state index contributed by atoms with van der Waals surface area (Å²) >= 11 is 2.10. The maximum absolute atomic E-state index is 11.0. The third kappa shape index (κ3) is 2.20. The molecule has 4 nitrogen and oxygen atoms in total. The minimum atomic E-state index is -0.433. The van der Waals surface area contributed by atoms with E-state index in [4.69, 9.17) is 9.15 Å². The Morgan fingerprint density at radius 2 is 2.58 bits per heavy atom. The Kier molecular flexibility index (Phi) is 3.51. The Balaban J connectivity index is 2.68. The van der Waals surface area contributed by atoms with Crippen molar-refractivity contribution in [3.8, 4) is 0 Å². The molecule has 1 rings (SSSR count). The second kappa shape index (κ2) is 4.44. The SMILES string of the molecule is CCOC(=O)c1coc(CI)n1. The molecule has 0 saturated heterocycles. The van der Waals surface area contributed by atoms with Crippen LogP contribution in [0.5, 0.6) is 0 Å². The molecule has 0 aliphatic rings. The first kappa shape index (κ1) is 9.50. The van der Waals surface area contributed by atoms with Crippen molar-refractivity contribution in [2.45, 2.75) is 11.4 Å². The molecule has 0 fully saturated rings. The van der Waals surface area contributed by atoms with Crippen LogP contribution in [0.3, 0.4) is 0 Å². The summed E-state index contributed by atoms with van der Waals surface area (Å²) in [6, 6.07) is 0. The van der Waals surface area contributed by atoms with Crippen molar-refractivity contribution in [1.29, 1.82) is 0 Å². The molecule has 12 heavy (non-hydrogen) atoms. The van der Waals surface area contributed by atoms with Gasteiger partial charge in [-0.2, -0.15) is 0 Å². The number of carbonyl (C=O) groups excluding carboxylic acids is 1. The molecule has 0 aliphatic heterocycles. The summed E-state index contributed by atoms with van der Waals surface area (Å²) in [6.07, 6.45) is 1.31. The topological polar surface area (TPSA) is 52.3 Å². The van der Waals surface area contributed by atoms with E-state index >= 15 is 0 Å². The molecule has 0 aromatic carbocycles. The number of ether oxygens (including phenoxy) is 1. The first-order chi connectivity index (χ1) is 5.77. The molecule has 0 saturated carbocycles. The molecule has 0 atom stereocenters. The maximum Gasteiger partial charge on any atom is 0.360 e. The van der Waals surface area contributed by atoms with Crippen LogP contribution in [0.1, 0.15) is 23.3 Å². The summed E-state index contributed by atoms with van der Waals surface area (Å²) in [4.78, 5) is 14.9. The highest BCUT2D eigenvalue weighted by Crippen LogP contribution is 2.07. The van der Waals surface area contributed by atoms with Crippen molar-refractivity contribution in [2.75, 3.05) is 6.61 Å². The molecule has 1 heterocycles. The van der Waals surface area contributed by atoms with Gasteiger partial charge in [0.15, 0.2) is 5.69 Å². The van der Waals surface area contributed by atoms with Gasteiger partial charge in [-0.3, -0.25) is 0 Å². The van der Waals surface area contributed by atoms with E-state index in [1.807, 2.05) is 0 Å². The van der Waals surface area contributed by atoms with Gasteiger partial charge in [0.25, 0.3) is 0 Å². The van der Waals surface area contributed by atoms with Gasteiger partial charge >= 0.3 is 5.97 Å². The maximum atomic E-state index is 11.0. The van der Waals surface area contributed by atoms with Crippen LogP contribution >= 0.6 is 22.6 Å². The van der Waals surface area contributed by atoms with E-state index in [0.29, 0.717) is 16.9 Å². The molecular weight excluding hydrogens is 273 g/mol. The number of hydrogen-bond donors (Lipinski definition) is 0. The number of hydrogen-bond acceptors (Lipinski definition) is 4. The highest BCUT2D eigenvalue weighted by Gasteiger charge is 2.11. The van der Waals surface area contributed by atoms with Crippen molar-refractivity contribution in [3.63, 3.8) is 0 Å². The molecule has 5 heteroatoms. The van der Waals surface area contributed by atoms with Crippen molar-refractivity contribution in [2.24, 2.45) is 0 Å².